The van der Waals surface area contributed by atoms with Crippen molar-refractivity contribution in [3.8, 4) is 0 Å². The van der Waals surface area contributed by atoms with Crippen molar-refractivity contribution in [1.29, 1.82) is 0 Å². The minimum Gasteiger partial charge on any atom is -0.340 e. The average molecular weight is 322 g/mol. The number of amides is 3. The zero-order valence-electron chi connectivity index (χ0n) is 13.4. The minimum absolute atomic E-state index is 0.0683. The molecule has 7 heteroatoms. The maximum Gasteiger partial charge on any atom is 0.319 e. The van der Waals surface area contributed by atoms with E-state index >= 15 is 0 Å². The molecule has 2 unspecified atom stereocenters. The number of carbonyl (C=O) groups is 2. The fourth-order valence-electron chi connectivity index (χ4n) is 2.67. The Bertz CT molecular complexity index is 550. The maximum atomic E-state index is 12.8. The Morgan fingerprint density at radius 3 is 2.70 bits per heavy atom. The Labute approximate surface area is 135 Å². The highest BCUT2D eigenvalue weighted by atomic mass is 19.1. The fourth-order valence-corrected chi connectivity index (χ4v) is 2.67. The SMILES string of the molecule is CNCC(C)C(=O)N1CCC(NC(=O)Nc2ccc(F)cc2)C1. The van der Waals surface area contributed by atoms with E-state index in [9.17, 15) is 14.0 Å². The molecular weight excluding hydrogens is 299 g/mol. The number of hydrogen-bond donors (Lipinski definition) is 3. The Morgan fingerprint density at radius 2 is 2.04 bits per heavy atom. The van der Waals surface area contributed by atoms with E-state index in [0.29, 0.717) is 25.3 Å². The summed E-state index contributed by atoms with van der Waals surface area (Å²) in [5.41, 5.74) is 0.525. The summed E-state index contributed by atoms with van der Waals surface area (Å²) in [5.74, 6) is -0.328. The lowest BCUT2D eigenvalue weighted by atomic mass is 10.1. The van der Waals surface area contributed by atoms with Crippen LogP contribution in [0, 0.1) is 11.7 Å². The molecule has 1 saturated heterocycles. The molecule has 0 aliphatic carbocycles. The van der Waals surface area contributed by atoms with Crippen LogP contribution in [-0.4, -0.2) is 49.6 Å². The predicted octanol–water partition coefficient (Wildman–Crippen LogP) is 1.40. The maximum absolute atomic E-state index is 12.8. The first kappa shape index (κ1) is 17.2. The largest absolute Gasteiger partial charge is 0.340 e. The van der Waals surface area contributed by atoms with Gasteiger partial charge >= 0.3 is 6.03 Å². The Morgan fingerprint density at radius 1 is 1.35 bits per heavy atom. The molecule has 0 bridgehead atoms. The van der Waals surface area contributed by atoms with Crippen molar-refractivity contribution in [2.45, 2.75) is 19.4 Å². The van der Waals surface area contributed by atoms with Crippen LogP contribution in [0.5, 0.6) is 0 Å². The van der Waals surface area contributed by atoms with Gasteiger partial charge in [0.2, 0.25) is 5.91 Å². The van der Waals surface area contributed by atoms with Crippen LogP contribution in [0.15, 0.2) is 24.3 Å². The first-order valence-corrected chi connectivity index (χ1v) is 7.76. The van der Waals surface area contributed by atoms with Crippen molar-refractivity contribution in [3.63, 3.8) is 0 Å². The molecule has 1 aromatic carbocycles. The summed E-state index contributed by atoms with van der Waals surface area (Å²) >= 11 is 0. The van der Waals surface area contributed by atoms with Gasteiger partial charge in [-0.25, -0.2) is 9.18 Å². The van der Waals surface area contributed by atoms with Gasteiger partial charge in [-0.15, -0.1) is 0 Å². The standard InChI is InChI=1S/C16H23FN4O2/c1-11(9-18-2)15(22)21-8-7-14(10-21)20-16(23)19-13-5-3-12(17)4-6-13/h3-6,11,14,18H,7-10H2,1-2H3,(H2,19,20,23). The second-order valence-corrected chi connectivity index (χ2v) is 5.83. The Hall–Kier alpha value is -2.15. The molecule has 3 amide bonds. The monoisotopic (exact) mass is 322 g/mol. The molecule has 1 aliphatic heterocycles. The molecular formula is C16H23FN4O2. The summed E-state index contributed by atoms with van der Waals surface area (Å²) in [7, 11) is 1.82. The third-order valence-corrected chi connectivity index (χ3v) is 3.87. The normalized spacial score (nSPS) is 18.6. The van der Waals surface area contributed by atoms with Crippen LogP contribution in [0.1, 0.15) is 13.3 Å². The molecule has 1 heterocycles. The average Bonchev–Trinajstić information content (AvgIpc) is 2.97. The van der Waals surface area contributed by atoms with Crippen LogP contribution in [-0.2, 0) is 4.79 Å². The van der Waals surface area contributed by atoms with Gasteiger partial charge in [0.15, 0.2) is 0 Å². The summed E-state index contributed by atoms with van der Waals surface area (Å²) in [6, 6.07) is 5.15. The lowest BCUT2D eigenvalue weighted by Gasteiger charge is -2.21. The smallest absolute Gasteiger partial charge is 0.319 e. The van der Waals surface area contributed by atoms with Crippen molar-refractivity contribution < 1.29 is 14.0 Å². The van der Waals surface area contributed by atoms with Gasteiger partial charge in [-0.3, -0.25) is 4.79 Å². The third kappa shape index (κ3) is 4.92. The van der Waals surface area contributed by atoms with Crippen molar-refractivity contribution in [3.05, 3.63) is 30.1 Å². The van der Waals surface area contributed by atoms with Gasteiger partial charge in [-0.2, -0.15) is 0 Å². The molecule has 0 aromatic heterocycles. The topological polar surface area (TPSA) is 73.5 Å². The van der Waals surface area contributed by atoms with Crippen molar-refractivity contribution >= 4 is 17.6 Å². The molecule has 2 rings (SSSR count). The molecule has 0 radical (unpaired) electrons. The van der Waals surface area contributed by atoms with Gasteiger partial charge in [0.25, 0.3) is 0 Å². The van der Waals surface area contributed by atoms with E-state index in [0.717, 1.165) is 6.42 Å². The highest BCUT2D eigenvalue weighted by molar-refractivity contribution is 5.89. The molecule has 126 valence electrons. The number of likely N-dealkylation sites (tertiary alicyclic amines) is 1. The lowest BCUT2D eigenvalue weighted by molar-refractivity contribution is -0.133. The Kier molecular flexibility index (Phi) is 5.92. The molecule has 1 aliphatic rings. The van der Waals surface area contributed by atoms with E-state index in [2.05, 4.69) is 16.0 Å². The van der Waals surface area contributed by atoms with Gasteiger partial charge in [0, 0.05) is 37.3 Å². The second kappa shape index (κ2) is 7.92. The Balaban J connectivity index is 1.79. The summed E-state index contributed by atoms with van der Waals surface area (Å²) in [6.45, 7) is 3.69. The van der Waals surface area contributed by atoms with Crippen LogP contribution in [0.4, 0.5) is 14.9 Å². The minimum atomic E-state index is -0.350. The van der Waals surface area contributed by atoms with Gasteiger partial charge in [0.1, 0.15) is 5.82 Å². The highest BCUT2D eigenvalue weighted by Crippen LogP contribution is 2.13. The van der Waals surface area contributed by atoms with Gasteiger partial charge < -0.3 is 20.9 Å². The van der Waals surface area contributed by atoms with Crippen LogP contribution in [0.3, 0.4) is 0 Å². The van der Waals surface area contributed by atoms with E-state index in [-0.39, 0.29) is 29.7 Å². The number of rotatable bonds is 5. The van der Waals surface area contributed by atoms with Crippen molar-refractivity contribution in [2.24, 2.45) is 5.92 Å². The summed E-state index contributed by atoms with van der Waals surface area (Å²) in [4.78, 5) is 25.9. The molecule has 23 heavy (non-hydrogen) atoms. The van der Waals surface area contributed by atoms with E-state index in [1.807, 2.05) is 14.0 Å². The summed E-state index contributed by atoms with van der Waals surface area (Å²) in [6.07, 6.45) is 0.731. The van der Waals surface area contributed by atoms with Gasteiger partial charge in [0.05, 0.1) is 0 Å². The summed E-state index contributed by atoms with van der Waals surface area (Å²) in [5, 5.41) is 8.49. The number of nitrogens with zero attached hydrogens (tertiary/aromatic N) is 1. The predicted molar refractivity (Wildman–Crippen MR) is 86.6 cm³/mol. The third-order valence-electron chi connectivity index (χ3n) is 3.87. The fraction of sp³-hybridized carbons (Fsp3) is 0.500. The van der Waals surface area contributed by atoms with Crippen LogP contribution in [0.2, 0.25) is 0 Å². The molecule has 0 spiro atoms. The van der Waals surface area contributed by atoms with Crippen molar-refractivity contribution in [1.82, 2.24) is 15.5 Å². The molecule has 1 aromatic rings. The number of hydrogen-bond acceptors (Lipinski definition) is 3. The molecule has 6 nitrogen and oxygen atoms in total. The first-order chi connectivity index (χ1) is 11.0. The number of halogens is 1. The van der Waals surface area contributed by atoms with Gasteiger partial charge in [-0.05, 0) is 37.7 Å². The number of urea groups is 1. The van der Waals surface area contributed by atoms with E-state index < -0.39 is 0 Å². The number of benzene rings is 1. The number of anilines is 1. The molecule has 0 saturated carbocycles. The molecule has 3 N–H and O–H groups in total. The van der Waals surface area contributed by atoms with Crippen molar-refractivity contribution in [2.75, 3.05) is 32.0 Å². The second-order valence-electron chi connectivity index (χ2n) is 5.83. The number of nitrogens with one attached hydrogen (secondary N) is 3. The van der Waals surface area contributed by atoms with Crippen LogP contribution in [0.25, 0.3) is 0 Å². The quantitative estimate of drug-likeness (QED) is 0.767. The zero-order valence-corrected chi connectivity index (χ0v) is 13.4. The lowest BCUT2D eigenvalue weighted by Crippen LogP contribution is -2.42. The van der Waals surface area contributed by atoms with E-state index in [1.165, 1.54) is 24.3 Å². The summed E-state index contributed by atoms with van der Waals surface area (Å²) < 4.78 is 12.8. The van der Waals surface area contributed by atoms with Gasteiger partial charge in [-0.1, -0.05) is 6.92 Å². The van der Waals surface area contributed by atoms with Crippen LogP contribution < -0.4 is 16.0 Å². The van der Waals surface area contributed by atoms with Crippen LogP contribution >= 0.6 is 0 Å². The van der Waals surface area contributed by atoms with E-state index in [4.69, 9.17) is 0 Å². The first-order valence-electron chi connectivity index (χ1n) is 7.76. The zero-order chi connectivity index (χ0) is 16.8. The number of carbonyl (C=O) groups excluding carboxylic acids is 2. The van der Waals surface area contributed by atoms with E-state index in [1.54, 1.807) is 4.90 Å². The highest BCUT2D eigenvalue weighted by Gasteiger charge is 2.29. The molecule has 2 atom stereocenters. The molecule has 1 fully saturated rings.